The van der Waals surface area contributed by atoms with Crippen LogP contribution in [0.25, 0.3) is 0 Å². The van der Waals surface area contributed by atoms with Crippen molar-refractivity contribution in [3.63, 3.8) is 0 Å². The van der Waals surface area contributed by atoms with E-state index < -0.39 is 0 Å². The smallest absolute Gasteiger partial charge is 0.0144 e. The SMILES string of the molecule is CC1(C)CC(NCCCNCCNCCCNC2CC(C)(C)NC(C)(C)C2)CC(C)(C)N1. The molecule has 0 bridgehead atoms. The second-order valence-electron chi connectivity index (χ2n) is 13.1. The third-order valence-corrected chi connectivity index (χ3v) is 6.79. The molecule has 0 saturated carbocycles. The fourth-order valence-electron chi connectivity index (χ4n) is 6.40. The molecule has 2 fully saturated rings. The molecule has 0 aliphatic carbocycles. The van der Waals surface area contributed by atoms with Gasteiger partial charge in [0.1, 0.15) is 0 Å². The molecule has 0 spiro atoms. The molecule has 0 unspecified atom stereocenters. The van der Waals surface area contributed by atoms with E-state index in [0.29, 0.717) is 12.1 Å². The van der Waals surface area contributed by atoms with Crippen LogP contribution in [-0.2, 0) is 0 Å². The number of hydrogen-bond donors (Lipinski definition) is 6. The molecule has 0 radical (unpaired) electrons. The number of nitrogens with one attached hydrogen (secondary N) is 6. The molecule has 6 nitrogen and oxygen atoms in total. The number of hydrogen-bond acceptors (Lipinski definition) is 6. The predicted molar refractivity (Wildman–Crippen MR) is 140 cm³/mol. The molecule has 0 aromatic carbocycles. The fraction of sp³-hybridized carbons (Fsp3) is 1.00. The number of rotatable bonds is 13. The van der Waals surface area contributed by atoms with Crippen molar-refractivity contribution in [3.8, 4) is 0 Å². The van der Waals surface area contributed by atoms with Gasteiger partial charge in [-0.1, -0.05) is 0 Å². The lowest BCUT2D eigenvalue weighted by Crippen LogP contribution is -2.61. The lowest BCUT2D eigenvalue weighted by atomic mass is 9.79. The lowest BCUT2D eigenvalue weighted by molar-refractivity contribution is 0.146. The maximum absolute atomic E-state index is 3.79. The second kappa shape index (κ2) is 11.9. The van der Waals surface area contributed by atoms with Crippen LogP contribution in [0.3, 0.4) is 0 Å². The molecule has 0 atom stereocenters. The molecule has 2 aliphatic heterocycles. The summed E-state index contributed by atoms with van der Waals surface area (Å²) < 4.78 is 0. The average Bonchev–Trinajstić information content (AvgIpc) is 2.57. The van der Waals surface area contributed by atoms with Crippen molar-refractivity contribution in [2.24, 2.45) is 0 Å². The highest BCUT2D eigenvalue weighted by Crippen LogP contribution is 2.29. The van der Waals surface area contributed by atoms with Crippen molar-refractivity contribution in [2.75, 3.05) is 39.3 Å². The lowest BCUT2D eigenvalue weighted by Gasteiger charge is -2.46. The Kier molecular flexibility index (Phi) is 10.5. The molecule has 6 N–H and O–H groups in total. The highest BCUT2D eigenvalue weighted by atomic mass is 15.1. The molecule has 2 rings (SSSR count). The monoisotopic (exact) mass is 452 g/mol. The minimum atomic E-state index is 0.222. The largest absolute Gasteiger partial charge is 0.315 e. The zero-order valence-corrected chi connectivity index (χ0v) is 22.6. The van der Waals surface area contributed by atoms with E-state index in [-0.39, 0.29) is 22.2 Å². The first kappa shape index (κ1) is 28.0. The Bertz CT molecular complexity index is 462. The first-order valence-electron chi connectivity index (χ1n) is 13.2. The summed E-state index contributed by atoms with van der Waals surface area (Å²) >= 11 is 0. The van der Waals surface area contributed by atoms with Crippen LogP contribution >= 0.6 is 0 Å². The summed E-state index contributed by atoms with van der Waals surface area (Å²) in [7, 11) is 0. The highest BCUT2D eigenvalue weighted by Gasteiger charge is 2.38. The van der Waals surface area contributed by atoms with E-state index in [1.165, 1.54) is 38.5 Å². The molecule has 2 heterocycles. The standard InChI is InChI=1S/C26H56N6/c1-23(2)17-21(18-24(3,4)31-23)29-13-9-11-27-15-16-28-12-10-14-30-22-19-25(5,6)32-26(7,8)20-22/h21-22,27-32H,9-20H2,1-8H3. The Balaban J connectivity index is 1.41. The summed E-state index contributed by atoms with van der Waals surface area (Å²) in [6, 6.07) is 1.25. The van der Waals surface area contributed by atoms with Gasteiger partial charge in [-0.2, -0.15) is 0 Å². The Hall–Kier alpha value is -0.240. The van der Waals surface area contributed by atoms with E-state index in [9.17, 15) is 0 Å². The first-order chi connectivity index (χ1) is 14.8. The van der Waals surface area contributed by atoms with Crippen LogP contribution in [-0.4, -0.2) is 73.5 Å². The Morgan fingerprint density at radius 3 is 1.12 bits per heavy atom. The van der Waals surface area contributed by atoms with Gasteiger partial charge < -0.3 is 31.9 Å². The summed E-state index contributed by atoms with van der Waals surface area (Å²) in [5.74, 6) is 0. The Morgan fingerprint density at radius 1 is 0.500 bits per heavy atom. The normalized spacial score (nSPS) is 25.1. The van der Waals surface area contributed by atoms with E-state index >= 15 is 0 Å². The van der Waals surface area contributed by atoms with Crippen LogP contribution in [0.2, 0.25) is 0 Å². The van der Waals surface area contributed by atoms with Crippen LogP contribution in [0, 0.1) is 0 Å². The first-order valence-corrected chi connectivity index (χ1v) is 13.2. The van der Waals surface area contributed by atoms with Crippen molar-refractivity contribution in [2.45, 2.75) is 128 Å². The van der Waals surface area contributed by atoms with Crippen molar-refractivity contribution in [3.05, 3.63) is 0 Å². The van der Waals surface area contributed by atoms with Gasteiger partial charge in [0.05, 0.1) is 0 Å². The zero-order chi connectivity index (χ0) is 23.9. The maximum atomic E-state index is 3.79. The number of piperidine rings is 2. The highest BCUT2D eigenvalue weighted by molar-refractivity contribution is 5.00. The van der Waals surface area contributed by atoms with Gasteiger partial charge in [0.15, 0.2) is 0 Å². The molecule has 32 heavy (non-hydrogen) atoms. The summed E-state index contributed by atoms with van der Waals surface area (Å²) in [4.78, 5) is 0. The Labute approximate surface area is 199 Å². The van der Waals surface area contributed by atoms with Crippen LogP contribution in [0.1, 0.15) is 93.9 Å². The molecule has 6 heteroatoms. The Morgan fingerprint density at radius 2 is 0.812 bits per heavy atom. The van der Waals surface area contributed by atoms with Crippen molar-refractivity contribution < 1.29 is 0 Å². The van der Waals surface area contributed by atoms with Crippen LogP contribution < -0.4 is 31.9 Å². The molecular weight excluding hydrogens is 396 g/mol. The van der Waals surface area contributed by atoms with Gasteiger partial charge in [0, 0.05) is 47.3 Å². The molecule has 190 valence electrons. The van der Waals surface area contributed by atoms with Crippen LogP contribution in [0.4, 0.5) is 0 Å². The van der Waals surface area contributed by atoms with Crippen molar-refractivity contribution in [1.29, 1.82) is 0 Å². The minimum absolute atomic E-state index is 0.222. The molecule has 2 saturated heterocycles. The summed E-state index contributed by atoms with van der Waals surface area (Å²) in [5, 5.41) is 22.3. The third-order valence-electron chi connectivity index (χ3n) is 6.79. The van der Waals surface area contributed by atoms with Crippen LogP contribution in [0.15, 0.2) is 0 Å². The second-order valence-corrected chi connectivity index (χ2v) is 13.1. The van der Waals surface area contributed by atoms with E-state index in [0.717, 1.165) is 39.3 Å². The predicted octanol–water partition coefficient (Wildman–Crippen LogP) is 2.74. The molecule has 2 aliphatic rings. The van der Waals surface area contributed by atoms with E-state index in [4.69, 9.17) is 0 Å². The molecule has 0 aromatic rings. The zero-order valence-electron chi connectivity index (χ0n) is 22.6. The average molecular weight is 453 g/mol. The van der Waals surface area contributed by atoms with E-state index in [1.807, 2.05) is 0 Å². The summed E-state index contributed by atoms with van der Waals surface area (Å²) in [6.07, 6.45) is 7.20. The van der Waals surface area contributed by atoms with Gasteiger partial charge >= 0.3 is 0 Å². The minimum Gasteiger partial charge on any atom is -0.315 e. The van der Waals surface area contributed by atoms with E-state index in [2.05, 4.69) is 87.3 Å². The molecule has 0 aromatic heterocycles. The van der Waals surface area contributed by atoms with Gasteiger partial charge in [0.25, 0.3) is 0 Å². The van der Waals surface area contributed by atoms with Gasteiger partial charge in [0.2, 0.25) is 0 Å². The van der Waals surface area contributed by atoms with E-state index in [1.54, 1.807) is 0 Å². The summed E-state index contributed by atoms with van der Waals surface area (Å²) in [5.41, 5.74) is 0.887. The summed E-state index contributed by atoms with van der Waals surface area (Å²) in [6.45, 7) is 25.1. The van der Waals surface area contributed by atoms with Gasteiger partial charge in [-0.3, -0.25) is 0 Å². The quantitative estimate of drug-likeness (QED) is 0.242. The van der Waals surface area contributed by atoms with Crippen molar-refractivity contribution in [1.82, 2.24) is 31.9 Å². The topological polar surface area (TPSA) is 72.2 Å². The molecule has 0 amide bonds. The van der Waals surface area contributed by atoms with Gasteiger partial charge in [-0.25, -0.2) is 0 Å². The fourth-order valence-corrected chi connectivity index (χ4v) is 6.40. The van der Waals surface area contributed by atoms with Gasteiger partial charge in [-0.15, -0.1) is 0 Å². The molecular formula is C26H56N6. The maximum Gasteiger partial charge on any atom is 0.0144 e. The van der Waals surface area contributed by atoms with Gasteiger partial charge in [-0.05, 0) is 120 Å². The third kappa shape index (κ3) is 11.3. The van der Waals surface area contributed by atoms with Crippen molar-refractivity contribution >= 4 is 0 Å². The van der Waals surface area contributed by atoms with Crippen LogP contribution in [0.5, 0.6) is 0 Å².